The molecule has 0 bridgehead atoms. The zero-order chi connectivity index (χ0) is 32.3. The minimum Gasteiger partial charge on any atom is -0.456 e. The van der Waals surface area contributed by atoms with E-state index in [4.69, 9.17) is 19.4 Å². The molecule has 8 aromatic carbocycles. The Bertz CT molecular complexity index is 2890. The summed E-state index contributed by atoms with van der Waals surface area (Å²) in [5.41, 5.74) is 6.62. The lowest BCUT2D eigenvalue weighted by atomic mass is 9.97. The van der Waals surface area contributed by atoms with Crippen molar-refractivity contribution in [2.75, 3.05) is 0 Å². The van der Waals surface area contributed by atoms with Gasteiger partial charge in [-0.05, 0) is 67.7 Å². The maximum absolute atomic E-state index is 6.47. The van der Waals surface area contributed by atoms with Gasteiger partial charge in [-0.25, -0.2) is 15.0 Å². The van der Waals surface area contributed by atoms with Gasteiger partial charge in [-0.2, -0.15) is 0 Å². The van der Waals surface area contributed by atoms with E-state index in [1.54, 1.807) is 0 Å². The summed E-state index contributed by atoms with van der Waals surface area (Å²) in [4.78, 5) is 15.5. The standard InChI is InChI=1S/C45H27N3O/c1-2-11-29(12-3-1)37-16-8-18-39-41(37)42-38(17-9-19-40(42)49-39)45-47-43(33-23-20-28-10-4-5-14-31(28)26-33)46-44(48-45)34-24-25-36-32(27-34)22-21-30-13-6-7-15-35(30)36/h1-27H. The molecule has 0 spiro atoms. The number of fused-ring (bicyclic) bond motifs is 7. The molecule has 2 heterocycles. The van der Waals surface area contributed by atoms with Gasteiger partial charge in [0, 0.05) is 27.5 Å². The van der Waals surface area contributed by atoms with E-state index in [-0.39, 0.29) is 0 Å². The van der Waals surface area contributed by atoms with Gasteiger partial charge >= 0.3 is 0 Å². The Kier molecular flexibility index (Phi) is 6.15. The average molecular weight is 626 g/mol. The van der Waals surface area contributed by atoms with Crippen molar-refractivity contribution in [3.05, 3.63) is 164 Å². The Balaban J connectivity index is 1.24. The van der Waals surface area contributed by atoms with E-state index in [1.807, 2.05) is 24.3 Å². The Morgan fingerprint density at radius 1 is 0.327 bits per heavy atom. The van der Waals surface area contributed by atoms with E-state index in [0.29, 0.717) is 17.5 Å². The number of hydrogen-bond acceptors (Lipinski definition) is 4. The van der Waals surface area contributed by atoms with Crippen LogP contribution in [0.2, 0.25) is 0 Å². The number of hydrogen-bond donors (Lipinski definition) is 0. The first-order valence-electron chi connectivity index (χ1n) is 16.4. The molecule has 10 aromatic rings. The molecule has 10 rings (SSSR count). The summed E-state index contributed by atoms with van der Waals surface area (Å²) < 4.78 is 6.47. The summed E-state index contributed by atoms with van der Waals surface area (Å²) in [6.07, 6.45) is 0. The van der Waals surface area contributed by atoms with Crippen LogP contribution in [0.15, 0.2) is 168 Å². The van der Waals surface area contributed by atoms with Crippen LogP contribution in [0.3, 0.4) is 0 Å². The van der Waals surface area contributed by atoms with E-state index < -0.39 is 0 Å². The van der Waals surface area contributed by atoms with Gasteiger partial charge in [-0.3, -0.25) is 0 Å². The SMILES string of the molecule is c1ccc(-c2cccc3oc4cccc(-c5nc(-c6ccc7ccccc7c6)nc(-c6ccc7c(ccc8ccccc87)c6)n5)c4c23)cc1. The Hall–Kier alpha value is -6.65. The van der Waals surface area contributed by atoms with Gasteiger partial charge < -0.3 is 4.42 Å². The molecule has 0 aliphatic heterocycles. The summed E-state index contributed by atoms with van der Waals surface area (Å²) in [7, 11) is 0. The van der Waals surface area contributed by atoms with Gasteiger partial charge in [0.1, 0.15) is 11.2 Å². The van der Waals surface area contributed by atoms with Crippen LogP contribution in [0, 0.1) is 0 Å². The van der Waals surface area contributed by atoms with Crippen LogP contribution in [0.4, 0.5) is 0 Å². The molecular weight excluding hydrogens is 599 g/mol. The fraction of sp³-hybridized carbons (Fsp3) is 0. The Morgan fingerprint density at radius 3 is 1.67 bits per heavy atom. The maximum Gasteiger partial charge on any atom is 0.164 e. The fourth-order valence-corrected chi connectivity index (χ4v) is 7.15. The van der Waals surface area contributed by atoms with Crippen molar-refractivity contribution in [2.24, 2.45) is 0 Å². The van der Waals surface area contributed by atoms with Gasteiger partial charge in [0.15, 0.2) is 17.5 Å². The van der Waals surface area contributed by atoms with Gasteiger partial charge in [-0.15, -0.1) is 0 Å². The lowest BCUT2D eigenvalue weighted by Crippen LogP contribution is -2.00. The second-order valence-corrected chi connectivity index (χ2v) is 12.4. The molecule has 0 saturated heterocycles. The average Bonchev–Trinajstić information content (AvgIpc) is 3.57. The van der Waals surface area contributed by atoms with Crippen LogP contribution >= 0.6 is 0 Å². The monoisotopic (exact) mass is 625 g/mol. The molecule has 0 radical (unpaired) electrons. The van der Waals surface area contributed by atoms with E-state index >= 15 is 0 Å². The molecule has 0 aliphatic rings. The normalized spacial score (nSPS) is 11.7. The molecule has 0 atom stereocenters. The van der Waals surface area contributed by atoms with E-state index in [9.17, 15) is 0 Å². The van der Waals surface area contributed by atoms with Crippen molar-refractivity contribution >= 4 is 54.3 Å². The van der Waals surface area contributed by atoms with Crippen molar-refractivity contribution < 1.29 is 4.42 Å². The van der Waals surface area contributed by atoms with Crippen molar-refractivity contribution in [3.8, 4) is 45.3 Å². The van der Waals surface area contributed by atoms with Crippen molar-refractivity contribution in [1.82, 2.24) is 15.0 Å². The van der Waals surface area contributed by atoms with Crippen LogP contribution in [0.25, 0.3) is 99.5 Å². The number of rotatable bonds is 4. The molecule has 2 aromatic heterocycles. The topological polar surface area (TPSA) is 51.8 Å². The van der Waals surface area contributed by atoms with Gasteiger partial charge in [0.2, 0.25) is 0 Å². The predicted molar refractivity (Wildman–Crippen MR) is 201 cm³/mol. The summed E-state index contributed by atoms with van der Waals surface area (Å²) in [5.74, 6) is 1.84. The highest BCUT2D eigenvalue weighted by Gasteiger charge is 2.20. The second kappa shape index (κ2) is 11.0. The van der Waals surface area contributed by atoms with Crippen molar-refractivity contribution in [3.63, 3.8) is 0 Å². The predicted octanol–water partition coefficient (Wildman–Crippen LogP) is 11.9. The quantitative estimate of drug-likeness (QED) is 0.183. The summed E-state index contributed by atoms with van der Waals surface area (Å²) >= 11 is 0. The Labute approximate surface area is 282 Å². The minimum absolute atomic E-state index is 0.600. The van der Waals surface area contributed by atoms with Crippen LogP contribution in [-0.2, 0) is 0 Å². The van der Waals surface area contributed by atoms with Crippen LogP contribution in [-0.4, -0.2) is 15.0 Å². The third-order valence-electron chi connectivity index (χ3n) is 9.49. The summed E-state index contributed by atoms with van der Waals surface area (Å²) in [6.45, 7) is 0. The van der Waals surface area contributed by atoms with Gasteiger partial charge in [0.05, 0.1) is 0 Å². The lowest BCUT2D eigenvalue weighted by Gasteiger charge is -2.11. The minimum atomic E-state index is 0.600. The van der Waals surface area contributed by atoms with Gasteiger partial charge in [-0.1, -0.05) is 140 Å². The number of aromatic nitrogens is 3. The van der Waals surface area contributed by atoms with Crippen molar-refractivity contribution in [1.29, 1.82) is 0 Å². The van der Waals surface area contributed by atoms with E-state index in [2.05, 4.69) is 140 Å². The number of furan rings is 1. The lowest BCUT2D eigenvalue weighted by molar-refractivity contribution is 0.669. The molecule has 0 N–H and O–H groups in total. The third-order valence-corrected chi connectivity index (χ3v) is 9.49. The smallest absolute Gasteiger partial charge is 0.164 e. The summed E-state index contributed by atoms with van der Waals surface area (Å²) in [5, 5.41) is 9.14. The molecule has 0 fully saturated rings. The fourth-order valence-electron chi connectivity index (χ4n) is 7.15. The van der Waals surface area contributed by atoms with Crippen LogP contribution in [0.5, 0.6) is 0 Å². The molecule has 0 saturated carbocycles. The zero-order valence-electron chi connectivity index (χ0n) is 26.3. The maximum atomic E-state index is 6.47. The molecule has 228 valence electrons. The largest absolute Gasteiger partial charge is 0.456 e. The third kappa shape index (κ3) is 4.57. The highest BCUT2D eigenvalue weighted by atomic mass is 16.3. The molecular formula is C45H27N3O. The van der Waals surface area contributed by atoms with E-state index in [0.717, 1.165) is 60.5 Å². The molecule has 0 amide bonds. The van der Waals surface area contributed by atoms with Crippen LogP contribution in [0.1, 0.15) is 0 Å². The van der Waals surface area contributed by atoms with Gasteiger partial charge in [0.25, 0.3) is 0 Å². The first kappa shape index (κ1) is 27.5. The highest BCUT2D eigenvalue weighted by molar-refractivity contribution is 6.17. The molecule has 0 aliphatic carbocycles. The van der Waals surface area contributed by atoms with Crippen molar-refractivity contribution in [2.45, 2.75) is 0 Å². The first-order valence-corrected chi connectivity index (χ1v) is 16.4. The summed E-state index contributed by atoms with van der Waals surface area (Å²) in [6, 6.07) is 56.9. The molecule has 49 heavy (non-hydrogen) atoms. The highest BCUT2D eigenvalue weighted by Crippen LogP contribution is 2.41. The first-order chi connectivity index (χ1) is 24.3. The van der Waals surface area contributed by atoms with E-state index in [1.165, 1.54) is 21.5 Å². The Morgan fingerprint density at radius 2 is 0.878 bits per heavy atom. The number of nitrogens with zero attached hydrogens (tertiary/aromatic N) is 3. The molecule has 4 heteroatoms. The van der Waals surface area contributed by atoms with Crippen LogP contribution < -0.4 is 0 Å². The zero-order valence-corrected chi connectivity index (χ0v) is 26.3. The number of benzene rings is 8. The molecule has 0 unspecified atom stereocenters. The second-order valence-electron chi connectivity index (χ2n) is 12.4. The molecule has 4 nitrogen and oxygen atoms in total.